The molecule has 108 valence electrons. The normalized spacial score (nSPS) is 11.7. The predicted molar refractivity (Wildman–Crippen MR) is 100 cm³/mol. The molecular weight excluding hydrogens is 276 g/mol. The highest BCUT2D eigenvalue weighted by Crippen LogP contribution is 2.40. The molecule has 5 rings (SSSR count). The lowest BCUT2D eigenvalue weighted by atomic mass is 9.88. The summed E-state index contributed by atoms with van der Waals surface area (Å²) in [6.07, 6.45) is 0. The summed E-state index contributed by atoms with van der Waals surface area (Å²) >= 11 is 0. The van der Waals surface area contributed by atoms with Crippen LogP contribution in [0.4, 0.5) is 0 Å². The highest BCUT2D eigenvalue weighted by molar-refractivity contribution is 6.26. The van der Waals surface area contributed by atoms with Gasteiger partial charge in [0, 0.05) is 0 Å². The standard InChI is InChI=1S/C23H16/c1-15-10-12-20-21(16-6-3-2-4-7-16)14-18-9-5-8-17-11-13-19(15)23(20)22(17)18/h2-14H,1H3. The van der Waals surface area contributed by atoms with Crippen LogP contribution in [0.25, 0.3) is 43.4 Å². The first kappa shape index (κ1) is 12.7. The molecule has 5 aromatic carbocycles. The monoisotopic (exact) mass is 292 g/mol. The third-order valence-corrected chi connectivity index (χ3v) is 4.95. The molecule has 0 bridgehead atoms. The van der Waals surface area contributed by atoms with Gasteiger partial charge in [0.2, 0.25) is 0 Å². The molecule has 0 N–H and O–H groups in total. The van der Waals surface area contributed by atoms with E-state index in [-0.39, 0.29) is 0 Å². The number of aryl methyl sites for hydroxylation is 1. The van der Waals surface area contributed by atoms with E-state index in [1.165, 1.54) is 49.0 Å². The lowest BCUT2D eigenvalue weighted by Gasteiger charge is -2.16. The molecule has 0 saturated heterocycles. The largest absolute Gasteiger partial charge is 0.0622 e. The molecular formula is C23H16. The highest BCUT2D eigenvalue weighted by Gasteiger charge is 2.13. The van der Waals surface area contributed by atoms with Gasteiger partial charge in [0.05, 0.1) is 0 Å². The number of hydrogen-bond donors (Lipinski definition) is 0. The van der Waals surface area contributed by atoms with Crippen molar-refractivity contribution in [1.29, 1.82) is 0 Å². The molecule has 0 unspecified atom stereocenters. The van der Waals surface area contributed by atoms with E-state index in [0.717, 1.165) is 0 Å². The van der Waals surface area contributed by atoms with Gasteiger partial charge in [-0.05, 0) is 62.0 Å². The summed E-state index contributed by atoms with van der Waals surface area (Å²) in [7, 11) is 0. The molecule has 0 aliphatic rings. The van der Waals surface area contributed by atoms with Gasteiger partial charge < -0.3 is 0 Å². The van der Waals surface area contributed by atoms with Gasteiger partial charge in [-0.15, -0.1) is 0 Å². The van der Waals surface area contributed by atoms with Gasteiger partial charge in [-0.25, -0.2) is 0 Å². The minimum absolute atomic E-state index is 1.28. The van der Waals surface area contributed by atoms with Crippen LogP contribution in [0.3, 0.4) is 0 Å². The summed E-state index contributed by atoms with van der Waals surface area (Å²) in [5, 5.41) is 8.16. The van der Waals surface area contributed by atoms with Crippen molar-refractivity contribution in [2.75, 3.05) is 0 Å². The molecule has 0 spiro atoms. The van der Waals surface area contributed by atoms with Crippen molar-refractivity contribution < 1.29 is 0 Å². The highest BCUT2D eigenvalue weighted by atomic mass is 14.2. The summed E-state index contributed by atoms with van der Waals surface area (Å²) in [6, 6.07) is 28.7. The van der Waals surface area contributed by atoms with Crippen molar-refractivity contribution in [1.82, 2.24) is 0 Å². The number of rotatable bonds is 1. The number of benzene rings is 5. The van der Waals surface area contributed by atoms with Gasteiger partial charge in [0.25, 0.3) is 0 Å². The summed E-state index contributed by atoms with van der Waals surface area (Å²) in [5.74, 6) is 0. The van der Waals surface area contributed by atoms with E-state index in [4.69, 9.17) is 0 Å². The SMILES string of the molecule is Cc1ccc2c(-c3ccccc3)cc3cccc4ccc1c2c43. The Morgan fingerprint density at radius 1 is 0.565 bits per heavy atom. The second kappa shape index (κ2) is 4.57. The van der Waals surface area contributed by atoms with E-state index >= 15 is 0 Å². The minimum Gasteiger partial charge on any atom is -0.0622 e. The Labute approximate surface area is 135 Å². The van der Waals surface area contributed by atoms with Crippen LogP contribution in [-0.4, -0.2) is 0 Å². The van der Waals surface area contributed by atoms with Crippen LogP contribution in [0.2, 0.25) is 0 Å². The summed E-state index contributed by atoms with van der Waals surface area (Å²) < 4.78 is 0. The average Bonchev–Trinajstić information content (AvgIpc) is 2.61. The van der Waals surface area contributed by atoms with Gasteiger partial charge in [-0.2, -0.15) is 0 Å². The van der Waals surface area contributed by atoms with Crippen LogP contribution >= 0.6 is 0 Å². The first-order valence-electron chi connectivity index (χ1n) is 8.05. The van der Waals surface area contributed by atoms with Crippen LogP contribution in [0.1, 0.15) is 5.56 Å². The Kier molecular flexibility index (Phi) is 2.51. The van der Waals surface area contributed by atoms with E-state index in [0.29, 0.717) is 0 Å². The summed E-state index contributed by atoms with van der Waals surface area (Å²) in [6.45, 7) is 2.20. The molecule has 0 aromatic heterocycles. The van der Waals surface area contributed by atoms with Crippen molar-refractivity contribution in [3.63, 3.8) is 0 Å². The molecule has 0 heteroatoms. The van der Waals surface area contributed by atoms with Gasteiger partial charge in [0.1, 0.15) is 0 Å². The minimum atomic E-state index is 1.28. The molecule has 23 heavy (non-hydrogen) atoms. The topological polar surface area (TPSA) is 0 Å². The van der Waals surface area contributed by atoms with E-state index < -0.39 is 0 Å². The summed E-state index contributed by atoms with van der Waals surface area (Å²) in [4.78, 5) is 0. The molecule has 0 radical (unpaired) electrons. The zero-order chi connectivity index (χ0) is 15.4. The fourth-order valence-electron chi connectivity index (χ4n) is 3.83. The zero-order valence-electron chi connectivity index (χ0n) is 13.0. The van der Waals surface area contributed by atoms with Crippen LogP contribution in [0.5, 0.6) is 0 Å². The Hall–Kier alpha value is -2.86. The van der Waals surface area contributed by atoms with E-state index in [1.54, 1.807) is 0 Å². The number of hydrogen-bond acceptors (Lipinski definition) is 0. The maximum Gasteiger partial charge on any atom is -0.00179 e. The molecule has 0 fully saturated rings. The second-order valence-electron chi connectivity index (χ2n) is 6.29. The summed E-state index contributed by atoms with van der Waals surface area (Å²) in [5.41, 5.74) is 3.95. The first-order valence-corrected chi connectivity index (χ1v) is 8.05. The fourth-order valence-corrected chi connectivity index (χ4v) is 3.83. The van der Waals surface area contributed by atoms with Crippen LogP contribution < -0.4 is 0 Å². The fraction of sp³-hybridized carbons (Fsp3) is 0.0435. The van der Waals surface area contributed by atoms with E-state index in [2.05, 4.69) is 85.8 Å². The van der Waals surface area contributed by atoms with Crippen molar-refractivity contribution >= 4 is 32.3 Å². The third-order valence-electron chi connectivity index (χ3n) is 4.95. The smallest absolute Gasteiger partial charge is 0.00179 e. The molecule has 0 amide bonds. The van der Waals surface area contributed by atoms with Crippen molar-refractivity contribution in [3.8, 4) is 11.1 Å². The average molecular weight is 292 g/mol. The lowest BCUT2D eigenvalue weighted by Crippen LogP contribution is -1.89. The third kappa shape index (κ3) is 1.72. The Balaban J connectivity index is 2.08. The van der Waals surface area contributed by atoms with E-state index in [9.17, 15) is 0 Å². The van der Waals surface area contributed by atoms with Crippen molar-refractivity contribution in [3.05, 3.63) is 84.4 Å². The Morgan fingerprint density at radius 2 is 1.35 bits per heavy atom. The van der Waals surface area contributed by atoms with Crippen LogP contribution in [0, 0.1) is 6.92 Å². The molecule has 0 heterocycles. The van der Waals surface area contributed by atoms with E-state index in [1.807, 2.05) is 0 Å². The van der Waals surface area contributed by atoms with Gasteiger partial charge in [0.15, 0.2) is 0 Å². The predicted octanol–water partition coefficient (Wildman–Crippen LogP) is 6.56. The molecule has 0 nitrogen and oxygen atoms in total. The Morgan fingerprint density at radius 3 is 2.22 bits per heavy atom. The molecule has 5 aromatic rings. The molecule has 0 aliphatic carbocycles. The molecule has 0 aliphatic heterocycles. The maximum absolute atomic E-state index is 2.34. The van der Waals surface area contributed by atoms with Crippen molar-refractivity contribution in [2.24, 2.45) is 0 Å². The quantitative estimate of drug-likeness (QED) is 0.307. The molecule has 0 saturated carbocycles. The van der Waals surface area contributed by atoms with Gasteiger partial charge in [-0.3, -0.25) is 0 Å². The van der Waals surface area contributed by atoms with Gasteiger partial charge in [-0.1, -0.05) is 72.8 Å². The van der Waals surface area contributed by atoms with Gasteiger partial charge >= 0.3 is 0 Å². The first-order chi connectivity index (χ1) is 11.3. The second-order valence-corrected chi connectivity index (χ2v) is 6.29. The van der Waals surface area contributed by atoms with Crippen LogP contribution in [-0.2, 0) is 0 Å². The maximum atomic E-state index is 2.34. The molecule has 0 atom stereocenters. The van der Waals surface area contributed by atoms with Crippen molar-refractivity contribution in [2.45, 2.75) is 6.92 Å². The van der Waals surface area contributed by atoms with Crippen LogP contribution in [0.15, 0.2) is 78.9 Å². The Bertz CT molecular complexity index is 1150. The lowest BCUT2D eigenvalue weighted by molar-refractivity contribution is 1.55. The zero-order valence-corrected chi connectivity index (χ0v) is 13.0.